The summed E-state index contributed by atoms with van der Waals surface area (Å²) in [6.45, 7) is 9.61. The standard InChI is InChI=1S/C32H48N2O9/c1-20(9-12-27-30(38)32(19-40-32)18-24(43-27)17-29(36)37)8-11-26-21(2)16-25(23(4)42-26)33-28(35)13-10-22(3)41-31(39)34-14-6-5-7-15-34/h8-10,12-13,21-27,30,38H,5-7,11,14-19H2,1-4H3,(H,33,35)(H,36,37)/b12-9+,13-10+,20-8+/t21-,22-,23+,24+,25+,26-,27+,30+,32?/m0/s1. The molecule has 4 aliphatic rings. The number of likely N-dealkylation sites (tertiary alicyclic amines) is 1. The van der Waals surface area contributed by atoms with Crippen molar-refractivity contribution in [1.29, 1.82) is 0 Å². The van der Waals surface area contributed by atoms with Crippen LogP contribution in [0.15, 0.2) is 36.0 Å². The Kier molecular flexibility index (Phi) is 11.4. The van der Waals surface area contributed by atoms with Crippen molar-refractivity contribution >= 4 is 18.0 Å². The Labute approximate surface area is 254 Å². The van der Waals surface area contributed by atoms with Crippen LogP contribution in [0.3, 0.4) is 0 Å². The second-order valence-corrected chi connectivity index (χ2v) is 12.6. The third kappa shape index (κ3) is 9.38. The summed E-state index contributed by atoms with van der Waals surface area (Å²) in [4.78, 5) is 37.8. The summed E-state index contributed by atoms with van der Waals surface area (Å²) >= 11 is 0. The van der Waals surface area contributed by atoms with Gasteiger partial charge in [-0.15, -0.1) is 0 Å². The van der Waals surface area contributed by atoms with E-state index in [1.54, 1.807) is 24.0 Å². The van der Waals surface area contributed by atoms with Crippen molar-refractivity contribution in [1.82, 2.24) is 10.2 Å². The number of epoxide rings is 1. The third-order valence-corrected chi connectivity index (χ3v) is 8.88. The van der Waals surface area contributed by atoms with Gasteiger partial charge in [0.15, 0.2) is 0 Å². The lowest BCUT2D eigenvalue weighted by atomic mass is 9.87. The van der Waals surface area contributed by atoms with Crippen LogP contribution in [0.1, 0.15) is 72.6 Å². The number of nitrogens with zero attached hydrogens (tertiary/aromatic N) is 1. The predicted molar refractivity (Wildman–Crippen MR) is 158 cm³/mol. The molecule has 0 bridgehead atoms. The molecule has 2 amide bonds. The van der Waals surface area contributed by atoms with Gasteiger partial charge < -0.3 is 39.4 Å². The van der Waals surface area contributed by atoms with E-state index < -0.39 is 36.0 Å². The van der Waals surface area contributed by atoms with E-state index >= 15 is 0 Å². The highest BCUT2D eigenvalue weighted by atomic mass is 16.6. The lowest BCUT2D eigenvalue weighted by Gasteiger charge is -2.39. The molecule has 1 unspecified atom stereocenters. The van der Waals surface area contributed by atoms with Crippen LogP contribution in [-0.4, -0.2) is 101 Å². The van der Waals surface area contributed by atoms with Crippen molar-refractivity contribution in [2.75, 3.05) is 19.7 Å². The molecule has 0 saturated carbocycles. The van der Waals surface area contributed by atoms with E-state index in [1.807, 2.05) is 19.9 Å². The highest BCUT2D eigenvalue weighted by Crippen LogP contribution is 2.43. The maximum absolute atomic E-state index is 12.6. The number of rotatable bonds is 10. The number of carboxylic acid groups (broad SMARTS) is 1. The molecule has 4 heterocycles. The van der Waals surface area contributed by atoms with Gasteiger partial charge in [0.25, 0.3) is 0 Å². The zero-order valence-electron chi connectivity index (χ0n) is 25.8. The lowest BCUT2D eigenvalue weighted by molar-refractivity contribution is -0.155. The van der Waals surface area contributed by atoms with Crippen LogP contribution >= 0.6 is 0 Å². The molecule has 11 nitrogen and oxygen atoms in total. The molecule has 4 saturated heterocycles. The van der Waals surface area contributed by atoms with E-state index in [4.69, 9.17) is 24.1 Å². The maximum atomic E-state index is 12.6. The first-order chi connectivity index (χ1) is 20.5. The van der Waals surface area contributed by atoms with Crippen molar-refractivity contribution in [3.8, 4) is 0 Å². The smallest absolute Gasteiger partial charge is 0.410 e. The number of aliphatic hydroxyl groups is 1. The minimum atomic E-state index is -0.939. The Morgan fingerprint density at radius 1 is 1.14 bits per heavy atom. The topological polar surface area (TPSA) is 147 Å². The van der Waals surface area contributed by atoms with E-state index in [1.165, 1.54) is 6.08 Å². The van der Waals surface area contributed by atoms with Crippen LogP contribution in [0.25, 0.3) is 0 Å². The van der Waals surface area contributed by atoms with Crippen LogP contribution in [0.2, 0.25) is 0 Å². The summed E-state index contributed by atoms with van der Waals surface area (Å²) in [5.74, 6) is -0.982. The van der Waals surface area contributed by atoms with Crippen LogP contribution in [-0.2, 0) is 28.5 Å². The van der Waals surface area contributed by atoms with Gasteiger partial charge in [0.1, 0.15) is 23.9 Å². The summed E-state index contributed by atoms with van der Waals surface area (Å²) in [7, 11) is 0. The van der Waals surface area contributed by atoms with Gasteiger partial charge in [-0.1, -0.05) is 30.7 Å². The van der Waals surface area contributed by atoms with E-state index in [2.05, 4.69) is 18.3 Å². The number of carbonyl (C=O) groups is 3. The predicted octanol–water partition coefficient (Wildman–Crippen LogP) is 3.51. The van der Waals surface area contributed by atoms with Crippen molar-refractivity contribution in [3.05, 3.63) is 36.0 Å². The van der Waals surface area contributed by atoms with Crippen molar-refractivity contribution in [3.63, 3.8) is 0 Å². The minimum absolute atomic E-state index is 0.0177. The molecule has 0 aromatic carbocycles. The number of aliphatic hydroxyl groups excluding tert-OH is 1. The molecule has 43 heavy (non-hydrogen) atoms. The molecule has 11 heteroatoms. The third-order valence-electron chi connectivity index (χ3n) is 8.88. The SMILES string of the molecule is CC(/C=C/[C@H]1O[C@H](CC(=O)O)CC2(CO2)[C@@H]1O)=C\C[C@@H]1O[C@H](C)[C@H](NC(=O)/C=C/[C@H](C)OC(=O)N2CCCCC2)C[C@@H]1C. The fourth-order valence-electron chi connectivity index (χ4n) is 6.13. The van der Waals surface area contributed by atoms with Gasteiger partial charge in [0.05, 0.1) is 37.4 Å². The number of hydrogen-bond acceptors (Lipinski definition) is 8. The summed E-state index contributed by atoms with van der Waals surface area (Å²) in [6.07, 6.45) is 10.5. The molecule has 0 aromatic rings. The Hall–Kier alpha value is -2.73. The summed E-state index contributed by atoms with van der Waals surface area (Å²) in [5, 5.41) is 22.9. The Bertz CT molecular complexity index is 1080. The lowest BCUT2D eigenvalue weighted by Crippen LogP contribution is -2.50. The number of carbonyl (C=O) groups excluding carboxylic acids is 2. The number of ether oxygens (including phenoxy) is 4. The van der Waals surface area contributed by atoms with E-state index in [0.717, 1.165) is 31.3 Å². The summed E-state index contributed by atoms with van der Waals surface area (Å²) in [5.41, 5.74) is 0.271. The Morgan fingerprint density at radius 3 is 2.53 bits per heavy atom. The molecule has 4 fully saturated rings. The largest absolute Gasteiger partial charge is 0.481 e. The molecular weight excluding hydrogens is 556 g/mol. The van der Waals surface area contributed by atoms with Gasteiger partial charge in [0, 0.05) is 25.6 Å². The highest BCUT2D eigenvalue weighted by Gasteiger charge is 2.58. The number of hydrogen-bond donors (Lipinski definition) is 3. The molecule has 0 aliphatic carbocycles. The van der Waals surface area contributed by atoms with Crippen molar-refractivity contribution in [2.45, 2.75) is 121 Å². The second-order valence-electron chi connectivity index (χ2n) is 12.6. The first-order valence-electron chi connectivity index (χ1n) is 15.6. The normalized spacial score (nSPS) is 35.7. The molecule has 3 N–H and O–H groups in total. The zero-order valence-corrected chi connectivity index (χ0v) is 25.8. The number of carboxylic acids is 1. The van der Waals surface area contributed by atoms with E-state index in [0.29, 0.717) is 32.5 Å². The van der Waals surface area contributed by atoms with E-state index in [-0.39, 0.29) is 42.6 Å². The molecule has 0 aromatic heterocycles. The Balaban J connectivity index is 1.21. The van der Waals surface area contributed by atoms with Crippen LogP contribution in [0, 0.1) is 5.92 Å². The van der Waals surface area contributed by atoms with Crippen molar-refractivity contribution in [2.24, 2.45) is 5.92 Å². The van der Waals surface area contributed by atoms with Crippen LogP contribution < -0.4 is 5.32 Å². The van der Waals surface area contributed by atoms with Crippen LogP contribution in [0.5, 0.6) is 0 Å². The molecule has 4 aliphatic heterocycles. The number of allylic oxidation sites excluding steroid dienone is 2. The average Bonchev–Trinajstić information content (AvgIpc) is 3.74. The molecule has 240 valence electrons. The van der Waals surface area contributed by atoms with Gasteiger partial charge in [-0.2, -0.15) is 0 Å². The average molecular weight is 605 g/mol. The number of aliphatic carboxylic acids is 1. The number of piperidine rings is 1. The van der Waals surface area contributed by atoms with Gasteiger partial charge in [-0.05, 0) is 64.9 Å². The maximum Gasteiger partial charge on any atom is 0.410 e. The van der Waals surface area contributed by atoms with E-state index in [9.17, 15) is 19.5 Å². The minimum Gasteiger partial charge on any atom is -0.481 e. The van der Waals surface area contributed by atoms with Crippen LogP contribution in [0.4, 0.5) is 4.79 Å². The van der Waals surface area contributed by atoms with Gasteiger partial charge in [-0.3, -0.25) is 9.59 Å². The molecule has 9 atom stereocenters. The van der Waals surface area contributed by atoms with Gasteiger partial charge in [-0.25, -0.2) is 4.79 Å². The number of nitrogens with one attached hydrogen (secondary N) is 1. The molecular formula is C32H48N2O9. The number of amides is 2. The highest BCUT2D eigenvalue weighted by molar-refractivity contribution is 5.87. The second kappa shape index (κ2) is 14.8. The summed E-state index contributed by atoms with van der Waals surface area (Å²) < 4.78 is 23.1. The molecule has 0 radical (unpaired) electrons. The van der Waals surface area contributed by atoms with Crippen molar-refractivity contribution < 1.29 is 43.5 Å². The monoisotopic (exact) mass is 604 g/mol. The first-order valence-corrected chi connectivity index (χ1v) is 15.6. The zero-order chi connectivity index (χ0) is 31.1. The fraction of sp³-hybridized carbons (Fsp3) is 0.719. The quantitative estimate of drug-likeness (QED) is 0.194. The molecule has 1 spiro atoms. The summed E-state index contributed by atoms with van der Waals surface area (Å²) in [6, 6.07) is -0.139. The Morgan fingerprint density at radius 2 is 1.86 bits per heavy atom. The van der Waals surface area contributed by atoms with Gasteiger partial charge in [0.2, 0.25) is 5.91 Å². The van der Waals surface area contributed by atoms with Gasteiger partial charge >= 0.3 is 12.1 Å². The molecule has 4 rings (SSSR count). The first kappa shape index (κ1) is 33.2. The fourth-order valence-corrected chi connectivity index (χ4v) is 6.13.